The van der Waals surface area contributed by atoms with Crippen molar-refractivity contribution in [2.45, 2.75) is 18.9 Å². The average molecular weight is 230 g/mol. The highest BCUT2D eigenvalue weighted by atomic mass is 16.4. The van der Waals surface area contributed by atoms with Gasteiger partial charge in [-0.2, -0.15) is 10.5 Å². The zero-order valence-electron chi connectivity index (χ0n) is 8.92. The van der Waals surface area contributed by atoms with E-state index in [4.69, 9.17) is 15.6 Å². The SMILES string of the molecule is N#CCCc1cccc(C(O)C(=O)O)c1C#N. The third-order valence-electron chi connectivity index (χ3n) is 2.33. The van der Waals surface area contributed by atoms with Gasteiger partial charge in [0.25, 0.3) is 0 Å². The van der Waals surface area contributed by atoms with Gasteiger partial charge in [-0.05, 0) is 12.0 Å². The molecule has 5 heteroatoms. The van der Waals surface area contributed by atoms with E-state index in [1.54, 1.807) is 12.1 Å². The Balaban J connectivity index is 3.20. The first kappa shape index (κ1) is 12.7. The van der Waals surface area contributed by atoms with Crippen molar-refractivity contribution in [2.75, 3.05) is 0 Å². The maximum Gasteiger partial charge on any atom is 0.337 e. The molecular formula is C12H10N2O3. The third-order valence-corrected chi connectivity index (χ3v) is 2.33. The Morgan fingerprint density at radius 1 is 1.41 bits per heavy atom. The maximum absolute atomic E-state index is 10.7. The van der Waals surface area contributed by atoms with E-state index in [0.29, 0.717) is 12.0 Å². The normalized spacial score (nSPS) is 11.2. The molecule has 1 rings (SSSR count). The number of carboxylic acid groups (broad SMARTS) is 1. The Morgan fingerprint density at radius 3 is 2.65 bits per heavy atom. The molecule has 0 aromatic heterocycles. The highest BCUT2D eigenvalue weighted by Crippen LogP contribution is 2.22. The molecule has 0 bridgehead atoms. The first-order valence-electron chi connectivity index (χ1n) is 4.91. The summed E-state index contributed by atoms with van der Waals surface area (Å²) in [5.41, 5.74) is 0.778. The van der Waals surface area contributed by atoms with Crippen LogP contribution in [0, 0.1) is 22.7 Å². The van der Waals surface area contributed by atoms with E-state index in [9.17, 15) is 9.90 Å². The molecule has 0 heterocycles. The Morgan fingerprint density at radius 2 is 2.12 bits per heavy atom. The minimum atomic E-state index is -1.72. The summed E-state index contributed by atoms with van der Waals surface area (Å²) < 4.78 is 0. The number of carbonyl (C=O) groups is 1. The second-order valence-corrected chi connectivity index (χ2v) is 3.39. The number of nitriles is 2. The molecule has 1 unspecified atom stereocenters. The topological polar surface area (TPSA) is 105 Å². The Bertz CT molecular complexity index is 511. The lowest BCUT2D eigenvalue weighted by atomic mass is 9.95. The van der Waals surface area contributed by atoms with Crippen LogP contribution in [0.1, 0.15) is 29.2 Å². The predicted octanol–water partition coefficient (Wildman–Crippen LogP) is 1.13. The number of hydrogen-bond acceptors (Lipinski definition) is 4. The van der Waals surface area contributed by atoms with E-state index in [1.807, 2.05) is 12.1 Å². The van der Waals surface area contributed by atoms with Crippen molar-refractivity contribution in [2.24, 2.45) is 0 Å². The van der Waals surface area contributed by atoms with Gasteiger partial charge in [0.1, 0.15) is 0 Å². The number of benzene rings is 1. The molecule has 0 amide bonds. The van der Waals surface area contributed by atoms with E-state index in [1.165, 1.54) is 6.07 Å². The zero-order valence-corrected chi connectivity index (χ0v) is 8.92. The molecule has 86 valence electrons. The minimum absolute atomic E-state index is 0.0652. The Labute approximate surface area is 98.2 Å². The molecule has 17 heavy (non-hydrogen) atoms. The first-order valence-corrected chi connectivity index (χ1v) is 4.91. The number of rotatable bonds is 4. The third kappa shape index (κ3) is 2.81. The summed E-state index contributed by atoms with van der Waals surface area (Å²) in [6.07, 6.45) is -1.12. The number of aryl methyl sites for hydroxylation is 1. The van der Waals surface area contributed by atoms with Crippen molar-refractivity contribution in [3.63, 3.8) is 0 Å². The molecule has 1 aromatic rings. The fourth-order valence-electron chi connectivity index (χ4n) is 1.52. The van der Waals surface area contributed by atoms with Gasteiger partial charge in [0.15, 0.2) is 6.10 Å². The largest absolute Gasteiger partial charge is 0.479 e. The maximum atomic E-state index is 10.7. The van der Waals surface area contributed by atoms with E-state index in [2.05, 4.69) is 0 Å². The van der Waals surface area contributed by atoms with Crippen LogP contribution in [-0.2, 0) is 11.2 Å². The van der Waals surface area contributed by atoms with Crippen molar-refractivity contribution < 1.29 is 15.0 Å². The van der Waals surface area contributed by atoms with Gasteiger partial charge >= 0.3 is 5.97 Å². The van der Waals surface area contributed by atoms with Crippen LogP contribution in [0.2, 0.25) is 0 Å². The van der Waals surface area contributed by atoms with Gasteiger partial charge in [-0.3, -0.25) is 0 Å². The fraction of sp³-hybridized carbons (Fsp3) is 0.250. The van der Waals surface area contributed by atoms with Crippen LogP contribution in [0.25, 0.3) is 0 Å². The van der Waals surface area contributed by atoms with Gasteiger partial charge in [0, 0.05) is 12.0 Å². The Hall–Kier alpha value is -2.37. The van der Waals surface area contributed by atoms with Crippen LogP contribution in [0.3, 0.4) is 0 Å². The summed E-state index contributed by atoms with van der Waals surface area (Å²) in [5, 5.41) is 35.6. The lowest BCUT2D eigenvalue weighted by Gasteiger charge is -2.10. The van der Waals surface area contributed by atoms with Crippen LogP contribution in [-0.4, -0.2) is 16.2 Å². The summed E-state index contributed by atoms with van der Waals surface area (Å²) >= 11 is 0. The first-order chi connectivity index (χ1) is 8.11. The van der Waals surface area contributed by atoms with Gasteiger partial charge in [0.2, 0.25) is 0 Å². The number of aliphatic carboxylic acids is 1. The number of aliphatic hydroxyl groups excluding tert-OH is 1. The lowest BCUT2D eigenvalue weighted by Crippen LogP contribution is -2.13. The number of nitrogens with zero attached hydrogens (tertiary/aromatic N) is 2. The molecule has 5 nitrogen and oxygen atoms in total. The number of hydrogen-bond donors (Lipinski definition) is 2. The monoisotopic (exact) mass is 230 g/mol. The molecule has 0 radical (unpaired) electrons. The van der Waals surface area contributed by atoms with Gasteiger partial charge in [0.05, 0.1) is 17.7 Å². The van der Waals surface area contributed by atoms with E-state index < -0.39 is 12.1 Å². The van der Waals surface area contributed by atoms with Gasteiger partial charge < -0.3 is 10.2 Å². The van der Waals surface area contributed by atoms with Crippen molar-refractivity contribution in [3.8, 4) is 12.1 Å². The molecule has 0 saturated carbocycles. The average Bonchev–Trinajstić information content (AvgIpc) is 2.34. The predicted molar refractivity (Wildman–Crippen MR) is 57.7 cm³/mol. The summed E-state index contributed by atoms with van der Waals surface area (Å²) in [5.74, 6) is -1.40. The standard InChI is InChI=1S/C12H10N2O3/c13-6-2-4-8-3-1-5-9(10(8)7-14)11(15)12(16)17/h1,3,5,11,15H,2,4H2,(H,16,17). The van der Waals surface area contributed by atoms with Crippen molar-refractivity contribution in [1.29, 1.82) is 10.5 Å². The van der Waals surface area contributed by atoms with Gasteiger partial charge in [-0.1, -0.05) is 18.2 Å². The van der Waals surface area contributed by atoms with Crippen LogP contribution >= 0.6 is 0 Å². The summed E-state index contributed by atoms with van der Waals surface area (Å²) in [7, 11) is 0. The van der Waals surface area contributed by atoms with Crippen LogP contribution in [0.5, 0.6) is 0 Å². The van der Waals surface area contributed by atoms with Crippen LogP contribution < -0.4 is 0 Å². The van der Waals surface area contributed by atoms with E-state index in [-0.39, 0.29) is 17.5 Å². The summed E-state index contributed by atoms with van der Waals surface area (Å²) in [4.78, 5) is 10.7. The van der Waals surface area contributed by atoms with E-state index in [0.717, 1.165) is 0 Å². The molecule has 0 aliphatic carbocycles. The zero-order chi connectivity index (χ0) is 12.8. The van der Waals surface area contributed by atoms with Gasteiger partial charge in [-0.25, -0.2) is 4.79 Å². The summed E-state index contributed by atoms with van der Waals surface area (Å²) in [6.45, 7) is 0. The molecule has 0 aliphatic heterocycles. The molecule has 1 aromatic carbocycles. The van der Waals surface area contributed by atoms with E-state index >= 15 is 0 Å². The van der Waals surface area contributed by atoms with Crippen molar-refractivity contribution >= 4 is 5.97 Å². The second-order valence-electron chi connectivity index (χ2n) is 3.39. The fourth-order valence-corrected chi connectivity index (χ4v) is 1.52. The van der Waals surface area contributed by atoms with Crippen molar-refractivity contribution in [3.05, 3.63) is 34.9 Å². The summed E-state index contributed by atoms with van der Waals surface area (Å²) in [6, 6.07) is 8.43. The van der Waals surface area contributed by atoms with Crippen molar-refractivity contribution in [1.82, 2.24) is 0 Å². The number of carboxylic acids is 1. The second kappa shape index (κ2) is 5.64. The molecule has 0 aliphatic rings. The molecule has 0 saturated heterocycles. The molecule has 1 atom stereocenters. The molecular weight excluding hydrogens is 220 g/mol. The van der Waals surface area contributed by atoms with Crippen LogP contribution in [0.15, 0.2) is 18.2 Å². The minimum Gasteiger partial charge on any atom is -0.479 e. The smallest absolute Gasteiger partial charge is 0.337 e. The molecule has 2 N–H and O–H groups in total. The highest BCUT2D eigenvalue weighted by molar-refractivity contribution is 5.75. The molecule has 0 spiro atoms. The number of aliphatic hydroxyl groups is 1. The highest BCUT2D eigenvalue weighted by Gasteiger charge is 2.21. The quantitative estimate of drug-likeness (QED) is 0.806. The Kier molecular flexibility index (Phi) is 4.21. The van der Waals surface area contributed by atoms with Gasteiger partial charge in [-0.15, -0.1) is 0 Å². The molecule has 0 fully saturated rings. The lowest BCUT2D eigenvalue weighted by molar-refractivity contribution is -0.146. The van der Waals surface area contributed by atoms with Crippen LogP contribution in [0.4, 0.5) is 0 Å².